The fourth-order valence-electron chi connectivity index (χ4n) is 3.42. The van der Waals surface area contributed by atoms with Crippen molar-refractivity contribution in [3.05, 3.63) is 71.3 Å². The minimum absolute atomic E-state index is 0.00237. The van der Waals surface area contributed by atoms with Crippen molar-refractivity contribution in [3.8, 4) is 0 Å². The Morgan fingerprint density at radius 3 is 2.56 bits per heavy atom. The van der Waals surface area contributed by atoms with E-state index in [0.29, 0.717) is 13.2 Å². The maximum atomic E-state index is 12.3. The molecule has 1 aliphatic heterocycles. The third-order valence-electron chi connectivity index (χ3n) is 4.92. The molecule has 0 saturated carbocycles. The highest BCUT2D eigenvalue weighted by molar-refractivity contribution is 5.94. The molecule has 1 fully saturated rings. The Labute approximate surface area is 162 Å². The van der Waals surface area contributed by atoms with Gasteiger partial charge in [0.05, 0.1) is 6.61 Å². The van der Waals surface area contributed by atoms with Crippen LogP contribution in [0, 0.1) is 0 Å². The quantitative estimate of drug-likeness (QED) is 0.653. The van der Waals surface area contributed by atoms with Gasteiger partial charge in [-0.05, 0) is 62.0 Å². The van der Waals surface area contributed by atoms with Crippen molar-refractivity contribution in [2.24, 2.45) is 0 Å². The molecular formula is C23H30N2O2. The Morgan fingerprint density at radius 1 is 0.963 bits per heavy atom. The number of hydrogen-bond acceptors (Lipinski definition) is 3. The second-order valence-electron chi connectivity index (χ2n) is 7.14. The zero-order valence-electron chi connectivity index (χ0n) is 16.0. The SMILES string of the molecule is O=C(NCCCOCCc1ccccc1)c1cccc(CN2CCCC2)c1. The maximum Gasteiger partial charge on any atom is 0.251 e. The molecule has 1 amide bonds. The number of nitrogens with one attached hydrogen (secondary N) is 1. The van der Waals surface area contributed by atoms with Crippen LogP contribution < -0.4 is 5.32 Å². The van der Waals surface area contributed by atoms with E-state index in [2.05, 4.69) is 28.4 Å². The Morgan fingerprint density at radius 2 is 1.74 bits per heavy atom. The summed E-state index contributed by atoms with van der Waals surface area (Å²) in [4.78, 5) is 14.8. The van der Waals surface area contributed by atoms with Crippen LogP contribution in [0.15, 0.2) is 54.6 Å². The molecule has 3 rings (SSSR count). The lowest BCUT2D eigenvalue weighted by atomic mass is 10.1. The van der Waals surface area contributed by atoms with E-state index in [1.54, 1.807) is 0 Å². The third-order valence-corrected chi connectivity index (χ3v) is 4.92. The summed E-state index contributed by atoms with van der Waals surface area (Å²) >= 11 is 0. The molecule has 0 aliphatic carbocycles. The number of carbonyl (C=O) groups is 1. The summed E-state index contributed by atoms with van der Waals surface area (Å²) in [5, 5.41) is 3.00. The Bertz CT molecular complexity index is 697. The summed E-state index contributed by atoms with van der Waals surface area (Å²) in [7, 11) is 0. The van der Waals surface area contributed by atoms with E-state index in [0.717, 1.165) is 31.6 Å². The first-order valence-corrected chi connectivity index (χ1v) is 10.0. The second kappa shape index (κ2) is 10.9. The van der Waals surface area contributed by atoms with E-state index in [1.165, 1.54) is 37.1 Å². The summed E-state index contributed by atoms with van der Waals surface area (Å²) in [6.45, 7) is 5.30. The summed E-state index contributed by atoms with van der Waals surface area (Å²) < 4.78 is 5.66. The zero-order valence-corrected chi connectivity index (χ0v) is 16.0. The Hall–Kier alpha value is -2.17. The van der Waals surface area contributed by atoms with Gasteiger partial charge in [-0.1, -0.05) is 42.5 Å². The molecule has 4 heteroatoms. The van der Waals surface area contributed by atoms with Crippen molar-refractivity contribution < 1.29 is 9.53 Å². The largest absolute Gasteiger partial charge is 0.381 e. The first-order valence-electron chi connectivity index (χ1n) is 10.0. The molecule has 1 aliphatic rings. The normalized spacial score (nSPS) is 14.4. The molecule has 0 atom stereocenters. The number of rotatable bonds is 10. The first kappa shape index (κ1) is 19.6. The minimum atomic E-state index is 0.00237. The van der Waals surface area contributed by atoms with E-state index in [9.17, 15) is 4.79 Å². The van der Waals surface area contributed by atoms with E-state index < -0.39 is 0 Å². The van der Waals surface area contributed by atoms with E-state index in [4.69, 9.17) is 4.74 Å². The summed E-state index contributed by atoms with van der Waals surface area (Å²) in [6.07, 6.45) is 4.33. The van der Waals surface area contributed by atoms with Crippen LogP contribution in [0.2, 0.25) is 0 Å². The predicted octanol–water partition coefficient (Wildman–Crippen LogP) is 3.66. The average Bonchev–Trinajstić information content (AvgIpc) is 3.21. The monoisotopic (exact) mass is 366 g/mol. The number of hydrogen-bond donors (Lipinski definition) is 1. The summed E-state index contributed by atoms with van der Waals surface area (Å²) in [5.41, 5.74) is 3.25. The van der Waals surface area contributed by atoms with Crippen molar-refractivity contribution >= 4 is 5.91 Å². The van der Waals surface area contributed by atoms with Crippen molar-refractivity contribution in [2.45, 2.75) is 32.2 Å². The van der Waals surface area contributed by atoms with Gasteiger partial charge < -0.3 is 10.1 Å². The van der Waals surface area contributed by atoms with Crippen molar-refractivity contribution in [3.63, 3.8) is 0 Å². The molecule has 4 nitrogen and oxygen atoms in total. The van der Waals surface area contributed by atoms with Gasteiger partial charge in [0.15, 0.2) is 0 Å². The number of benzene rings is 2. The molecule has 0 aromatic heterocycles. The van der Waals surface area contributed by atoms with Crippen molar-refractivity contribution in [2.75, 3.05) is 32.8 Å². The minimum Gasteiger partial charge on any atom is -0.381 e. The van der Waals surface area contributed by atoms with Crippen LogP contribution >= 0.6 is 0 Å². The van der Waals surface area contributed by atoms with Crippen LogP contribution in [0.3, 0.4) is 0 Å². The van der Waals surface area contributed by atoms with Crippen molar-refractivity contribution in [1.29, 1.82) is 0 Å². The van der Waals surface area contributed by atoms with Gasteiger partial charge in [-0.3, -0.25) is 9.69 Å². The van der Waals surface area contributed by atoms with Crippen LogP contribution in [-0.4, -0.2) is 43.7 Å². The van der Waals surface area contributed by atoms with E-state index in [-0.39, 0.29) is 5.91 Å². The standard InChI is InChI=1S/C23H30N2O2/c26-23(22-11-6-10-21(18-22)19-25-14-4-5-15-25)24-13-7-16-27-17-12-20-8-2-1-3-9-20/h1-3,6,8-11,18H,4-5,7,12-17,19H2,(H,24,26). The van der Waals surface area contributed by atoms with Gasteiger partial charge >= 0.3 is 0 Å². The van der Waals surface area contributed by atoms with E-state index in [1.807, 2.05) is 36.4 Å². The second-order valence-corrected chi connectivity index (χ2v) is 7.14. The lowest BCUT2D eigenvalue weighted by molar-refractivity contribution is 0.0942. The van der Waals surface area contributed by atoms with Gasteiger partial charge in [0.2, 0.25) is 0 Å². The van der Waals surface area contributed by atoms with Gasteiger partial charge in [0.25, 0.3) is 5.91 Å². The van der Waals surface area contributed by atoms with Crippen LogP contribution in [-0.2, 0) is 17.7 Å². The highest BCUT2D eigenvalue weighted by atomic mass is 16.5. The Balaban J connectivity index is 1.31. The van der Waals surface area contributed by atoms with Gasteiger partial charge in [0, 0.05) is 25.3 Å². The smallest absolute Gasteiger partial charge is 0.251 e. The molecule has 1 heterocycles. The third kappa shape index (κ3) is 6.81. The zero-order chi connectivity index (χ0) is 18.7. The topological polar surface area (TPSA) is 41.6 Å². The van der Waals surface area contributed by atoms with Crippen LogP contribution in [0.5, 0.6) is 0 Å². The molecule has 0 radical (unpaired) electrons. The lowest BCUT2D eigenvalue weighted by Gasteiger charge is -2.15. The molecule has 2 aromatic carbocycles. The van der Waals surface area contributed by atoms with Crippen LogP contribution in [0.4, 0.5) is 0 Å². The number of likely N-dealkylation sites (tertiary alicyclic amines) is 1. The molecule has 0 unspecified atom stereocenters. The molecule has 27 heavy (non-hydrogen) atoms. The van der Waals surface area contributed by atoms with Crippen molar-refractivity contribution in [1.82, 2.24) is 10.2 Å². The molecule has 0 bridgehead atoms. The number of carbonyl (C=O) groups excluding carboxylic acids is 1. The number of nitrogens with zero attached hydrogens (tertiary/aromatic N) is 1. The summed E-state index contributed by atoms with van der Waals surface area (Å²) in [5.74, 6) is 0.00237. The Kier molecular flexibility index (Phi) is 7.87. The number of ether oxygens (including phenoxy) is 1. The highest BCUT2D eigenvalue weighted by Gasteiger charge is 2.12. The lowest BCUT2D eigenvalue weighted by Crippen LogP contribution is -2.25. The maximum absolute atomic E-state index is 12.3. The molecule has 2 aromatic rings. The molecule has 144 valence electrons. The van der Waals surface area contributed by atoms with Crippen LogP contribution in [0.25, 0.3) is 0 Å². The predicted molar refractivity (Wildman–Crippen MR) is 109 cm³/mol. The molecular weight excluding hydrogens is 336 g/mol. The molecule has 1 saturated heterocycles. The molecule has 1 N–H and O–H groups in total. The fraction of sp³-hybridized carbons (Fsp3) is 0.435. The summed E-state index contributed by atoms with van der Waals surface area (Å²) in [6, 6.07) is 18.3. The van der Waals surface area contributed by atoms with Gasteiger partial charge in [-0.25, -0.2) is 0 Å². The van der Waals surface area contributed by atoms with Gasteiger partial charge in [-0.15, -0.1) is 0 Å². The van der Waals surface area contributed by atoms with E-state index >= 15 is 0 Å². The average molecular weight is 367 g/mol. The van der Waals surface area contributed by atoms with Gasteiger partial charge in [-0.2, -0.15) is 0 Å². The number of amides is 1. The van der Waals surface area contributed by atoms with Gasteiger partial charge in [0.1, 0.15) is 0 Å². The highest BCUT2D eigenvalue weighted by Crippen LogP contribution is 2.14. The molecule has 0 spiro atoms. The fourth-order valence-corrected chi connectivity index (χ4v) is 3.42. The van der Waals surface area contributed by atoms with Crippen LogP contribution in [0.1, 0.15) is 40.7 Å². The first-order chi connectivity index (χ1) is 13.3.